The van der Waals surface area contributed by atoms with Gasteiger partial charge in [0, 0.05) is 19.1 Å². The molecule has 3 heterocycles. The van der Waals surface area contributed by atoms with Gasteiger partial charge in [0.15, 0.2) is 5.56 Å². The monoisotopic (exact) mass is 413 g/mol. The van der Waals surface area contributed by atoms with Crippen molar-refractivity contribution in [2.24, 2.45) is 7.05 Å². The van der Waals surface area contributed by atoms with Gasteiger partial charge < -0.3 is 19.8 Å². The highest BCUT2D eigenvalue weighted by Crippen LogP contribution is 2.27. The topological polar surface area (TPSA) is 111 Å². The number of nitro groups is 1. The Morgan fingerprint density at radius 3 is 2.63 bits per heavy atom. The van der Waals surface area contributed by atoms with E-state index in [4.69, 9.17) is 4.74 Å². The molecule has 0 saturated carbocycles. The van der Waals surface area contributed by atoms with E-state index in [1.54, 1.807) is 9.80 Å². The minimum absolute atomic E-state index is 0.0107. The summed E-state index contributed by atoms with van der Waals surface area (Å²) in [5.41, 5.74) is 1.13. The number of aromatic nitrogens is 2. The summed E-state index contributed by atoms with van der Waals surface area (Å²) in [5, 5.41) is 15.1. The van der Waals surface area contributed by atoms with Crippen molar-refractivity contribution in [3.63, 3.8) is 0 Å². The Morgan fingerprint density at radius 2 is 1.97 bits per heavy atom. The molecule has 158 valence electrons. The van der Waals surface area contributed by atoms with Gasteiger partial charge >= 0.3 is 11.9 Å². The highest BCUT2D eigenvalue weighted by Gasteiger charge is 2.40. The zero-order valence-electron chi connectivity index (χ0n) is 16.6. The van der Waals surface area contributed by atoms with Crippen LogP contribution in [0.5, 0.6) is 0 Å². The van der Waals surface area contributed by atoms with Crippen LogP contribution in [0, 0.1) is 10.1 Å². The first-order valence-corrected chi connectivity index (χ1v) is 9.90. The summed E-state index contributed by atoms with van der Waals surface area (Å²) in [7, 11) is 1.44. The van der Waals surface area contributed by atoms with Crippen LogP contribution < -0.4 is 0 Å². The summed E-state index contributed by atoms with van der Waals surface area (Å²) in [4.78, 5) is 39.2. The summed E-state index contributed by atoms with van der Waals surface area (Å²) in [5.74, 6) is -0.716. The Balaban J connectivity index is 1.42. The number of likely N-dealkylation sites (tertiary alicyclic amines) is 1. The molecule has 2 fully saturated rings. The average Bonchev–Trinajstić information content (AvgIpc) is 3.31. The third kappa shape index (κ3) is 3.72. The maximum Gasteiger partial charge on any atom is 0.410 e. The predicted octanol–water partition coefficient (Wildman–Crippen LogP) is 2.00. The van der Waals surface area contributed by atoms with Crippen molar-refractivity contribution in [3.8, 4) is 0 Å². The quantitative estimate of drug-likeness (QED) is 0.548. The molecule has 1 atom stereocenters. The van der Waals surface area contributed by atoms with Gasteiger partial charge in [0.1, 0.15) is 13.7 Å². The number of carbonyl (C=O) groups excluding carboxylic acids is 2. The number of ether oxygens (including phenoxy) is 1. The molecule has 0 radical (unpaired) electrons. The standard InChI is InChI=1S/C20H23N5O5/c1-22-18(25(28)29)17(12-21-22)19(26)23-9-7-15(8-10-23)24-16(13-30-20(24)27)11-14-5-3-2-4-6-14/h2-6,12,15-16H,7-11,13H2,1H3/t16-/m1/s1. The summed E-state index contributed by atoms with van der Waals surface area (Å²) in [6, 6.07) is 9.90. The van der Waals surface area contributed by atoms with Crippen LogP contribution in [0.1, 0.15) is 28.8 Å². The second-order valence-electron chi connectivity index (χ2n) is 7.61. The number of hydrogen-bond acceptors (Lipinski definition) is 6. The van der Waals surface area contributed by atoms with Gasteiger partial charge in [0.2, 0.25) is 0 Å². The minimum Gasteiger partial charge on any atom is -0.447 e. The third-order valence-electron chi connectivity index (χ3n) is 5.77. The van der Waals surface area contributed by atoms with E-state index >= 15 is 0 Å². The molecule has 1 aromatic carbocycles. The number of cyclic esters (lactones) is 1. The summed E-state index contributed by atoms with van der Waals surface area (Å²) in [6.07, 6.45) is 2.83. The molecule has 0 spiro atoms. The van der Waals surface area contributed by atoms with E-state index in [9.17, 15) is 19.7 Å². The number of rotatable bonds is 5. The Kier molecular flexibility index (Phi) is 5.39. The minimum atomic E-state index is -0.596. The third-order valence-corrected chi connectivity index (χ3v) is 5.77. The van der Waals surface area contributed by atoms with Crippen molar-refractivity contribution in [3.05, 3.63) is 57.8 Å². The van der Waals surface area contributed by atoms with Gasteiger partial charge in [0.05, 0.1) is 12.2 Å². The SMILES string of the molecule is Cn1ncc(C(=O)N2CCC(N3C(=O)OC[C@H]3Cc3ccccc3)CC2)c1[N+](=O)[O-]. The molecule has 2 aliphatic heterocycles. The van der Waals surface area contributed by atoms with Crippen LogP contribution in [-0.2, 0) is 18.2 Å². The van der Waals surface area contributed by atoms with E-state index in [0.29, 0.717) is 39.0 Å². The largest absolute Gasteiger partial charge is 0.447 e. The van der Waals surface area contributed by atoms with Crippen LogP contribution >= 0.6 is 0 Å². The van der Waals surface area contributed by atoms with Crippen LogP contribution in [0.25, 0.3) is 0 Å². The fourth-order valence-electron chi connectivity index (χ4n) is 4.28. The van der Waals surface area contributed by atoms with Crippen molar-refractivity contribution in [2.45, 2.75) is 31.3 Å². The number of nitrogens with zero attached hydrogens (tertiary/aromatic N) is 5. The van der Waals surface area contributed by atoms with Gasteiger partial charge in [-0.2, -0.15) is 0 Å². The van der Waals surface area contributed by atoms with E-state index in [2.05, 4.69) is 5.10 Å². The van der Waals surface area contributed by atoms with Crippen LogP contribution in [-0.4, -0.2) is 68.3 Å². The Morgan fingerprint density at radius 1 is 1.27 bits per heavy atom. The number of aryl methyl sites for hydroxylation is 1. The van der Waals surface area contributed by atoms with Crippen molar-refractivity contribution < 1.29 is 19.2 Å². The maximum atomic E-state index is 12.8. The van der Waals surface area contributed by atoms with Crippen LogP contribution in [0.3, 0.4) is 0 Å². The smallest absolute Gasteiger partial charge is 0.410 e. The second kappa shape index (κ2) is 8.13. The molecule has 30 heavy (non-hydrogen) atoms. The molecule has 10 nitrogen and oxygen atoms in total. The number of carbonyl (C=O) groups is 2. The lowest BCUT2D eigenvalue weighted by molar-refractivity contribution is -0.392. The molecule has 1 aromatic heterocycles. The second-order valence-corrected chi connectivity index (χ2v) is 7.61. The number of benzene rings is 1. The summed E-state index contributed by atoms with van der Waals surface area (Å²) < 4.78 is 6.40. The van der Waals surface area contributed by atoms with Crippen LogP contribution in [0.15, 0.2) is 36.5 Å². The van der Waals surface area contributed by atoms with E-state index in [-0.39, 0.29) is 29.6 Å². The molecule has 2 aromatic rings. The molecule has 0 unspecified atom stereocenters. The van der Waals surface area contributed by atoms with Crippen molar-refractivity contribution in [2.75, 3.05) is 19.7 Å². The first kappa shape index (κ1) is 19.9. The first-order chi connectivity index (χ1) is 14.5. The molecule has 0 N–H and O–H groups in total. The molecular weight excluding hydrogens is 390 g/mol. The lowest BCUT2D eigenvalue weighted by atomic mass is 9.99. The Hall–Kier alpha value is -3.43. The summed E-state index contributed by atoms with van der Waals surface area (Å²) >= 11 is 0. The Bertz CT molecular complexity index is 952. The maximum absolute atomic E-state index is 12.8. The molecule has 4 rings (SSSR count). The van der Waals surface area contributed by atoms with E-state index < -0.39 is 10.8 Å². The zero-order valence-corrected chi connectivity index (χ0v) is 16.6. The lowest BCUT2D eigenvalue weighted by Gasteiger charge is -2.37. The molecule has 2 saturated heterocycles. The molecule has 2 aliphatic rings. The molecule has 2 amide bonds. The number of piperidine rings is 1. The van der Waals surface area contributed by atoms with Crippen LogP contribution in [0.2, 0.25) is 0 Å². The van der Waals surface area contributed by atoms with Crippen molar-refractivity contribution in [1.82, 2.24) is 19.6 Å². The van der Waals surface area contributed by atoms with E-state index in [1.807, 2.05) is 30.3 Å². The van der Waals surface area contributed by atoms with Gasteiger partial charge in [-0.15, -0.1) is 4.68 Å². The molecule has 10 heteroatoms. The van der Waals surface area contributed by atoms with Gasteiger partial charge in [-0.1, -0.05) is 35.4 Å². The predicted molar refractivity (Wildman–Crippen MR) is 106 cm³/mol. The Labute approximate surface area is 173 Å². The average molecular weight is 413 g/mol. The first-order valence-electron chi connectivity index (χ1n) is 9.90. The number of hydrogen-bond donors (Lipinski definition) is 0. The van der Waals surface area contributed by atoms with E-state index in [1.165, 1.54) is 13.2 Å². The van der Waals surface area contributed by atoms with Gasteiger partial charge in [-0.25, -0.2) is 4.79 Å². The van der Waals surface area contributed by atoms with E-state index in [0.717, 1.165) is 10.2 Å². The fourth-order valence-corrected chi connectivity index (χ4v) is 4.28. The van der Waals surface area contributed by atoms with Crippen molar-refractivity contribution >= 4 is 17.8 Å². The van der Waals surface area contributed by atoms with Gasteiger partial charge in [-0.3, -0.25) is 9.69 Å². The van der Waals surface area contributed by atoms with Crippen molar-refractivity contribution in [1.29, 1.82) is 0 Å². The van der Waals surface area contributed by atoms with Gasteiger partial charge in [-0.05, 0) is 29.7 Å². The molecule has 0 aliphatic carbocycles. The normalized spacial score (nSPS) is 19.8. The van der Waals surface area contributed by atoms with Crippen LogP contribution in [0.4, 0.5) is 10.6 Å². The number of amides is 2. The fraction of sp³-hybridized carbons (Fsp3) is 0.450. The zero-order chi connectivity index (χ0) is 21.3. The highest BCUT2D eigenvalue weighted by atomic mass is 16.6. The summed E-state index contributed by atoms with van der Waals surface area (Å²) in [6.45, 7) is 1.18. The highest BCUT2D eigenvalue weighted by molar-refractivity contribution is 5.97. The molecule has 0 bridgehead atoms. The van der Waals surface area contributed by atoms with Gasteiger partial charge in [0.25, 0.3) is 5.91 Å². The lowest BCUT2D eigenvalue weighted by Crippen LogP contribution is -2.50. The molecular formula is C20H23N5O5.